The number of nitrogens with one attached hydrogen (secondary N) is 2. The molecule has 2 rings (SSSR count). The van der Waals surface area contributed by atoms with Gasteiger partial charge in [0.15, 0.2) is 0 Å². The zero-order valence-electron chi connectivity index (χ0n) is 13.9. The van der Waals surface area contributed by atoms with Crippen molar-refractivity contribution in [2.24, 2.45) is 0 Å². The number of halogens is 1. The van der Waals surface area contributed by atoms with Crippen molar-refractivity contribution >= 4 is 32.5 Å². The first-order valence-electron chi connectivity index (χ1n) is 7.43. The lowest BCUT2D eigenvalue weighted by Crippen LogP contribution is -2.43. The van der Waals surface area contributed by atoms with Crippen LogP contribution in [0.15, 0.2) is 28.0 Å². The Hall–Kier alpha value is -0.710. The molecule has 1 aromatic rings. The number of nitrogens with zero attached hydrogens (tertiary/aromatic N) is 1. The first kappa shape index (κ1) is 21.3. The van der Waals surface area contributed by atoms with Crippen LogP contribution >= 0.6 is 12.4 Å². The molecule has 0 atom stereocenters. The lowest BCUT2D eigenvalue weighted by Gasteiger charge is -2.31. The summed E-state index contributed by atoms with van der Waals surface area (Å²) in [5.41, 5.74) is 0.402. The van der Waals surface area contributed by atoms with E-state index in [1.807, 2.05) is 0 Å². The number of hydrogen-bond acceptors (Lipinski definition) is 5. The first-order valence-corrected chi connectivity index (χ1v) is 10.4. The van der Waals surface area contributed by atoms with Crippen molar-refractivity contribution in [3.8, 4) is 0 Å². The maximum Gasteiger partial charge on any atom is 0.243 e. The fourth-order valence-electron chi connectivity index (χ4n) is 2.73. The molecule has 0 bridgehead atoms. The van der Waals surface area contributed by atoms with Crippen LogP contribution in [-0.4, -0.2) is 54.4 Å². The highest BCUT2D eigenvalue weighted by Crippen LogP contribution is 2.24. The number of aryl methyl sites for hydroxylation is 1. The van der Waals surface area contributed by atoms with Crippen LogP contribution in [0, 0.1) is 6.92 Å². The number of benzene rings is 1. The Morgan fingerprint density at radius 2 is 1.75 bits per heavy atom. The predicted molar refractivity (Wildman–Crippen MR) is 95.5 cm³/mol. The minimum Gasteiger partial charge on any atom is -0.317 e. The molecule has 1 aromatic carbocycles. The Kier molecular flexibility index (Phi) is 7.21. The van der Waals surface area contributed by atoms with Gasteiger partial charge in [0.1, 0.15) is 0 Å². The fraction of sp³-hybridized carbons (Fsp3) is 0.571. The highest BCUT2D eigenvalue weighted by Gasteiger charge is 2.29. The number of hydrogen-bond donors (Lipinski definition) is 2. The second kappa shape index (κ2) is 8.11. The molecule has 0 unspecified atom stereocenters. The summed E-state index contributed by atoms with van der Waals surface area (Å²) in [6.45, 7) is 3.18. The van der Waals surface area contributed by atoms with Gasteiger partial charge in [-0.15, -0.1) is 12.4 Å². The van der Waals surface area contributed by atoms with Crippen LogP contribution in [0.4, 0.5) is 0 Å². The molecule has 1 aliphatic rings. The van der Waals surface area contributed by atoms with Crippen LogP contribution in [0.1, 0.15) is 18.4 Å². The standard InChI is InChI=1S/C14H23N3O4S2.ClH/c1-11-10-13(4-5-14(11)22(18,19)15-2)23(20,21)17(3)12-6-8-16-9-7-12;/h4-5,10,12,15-16H,6-9H2,1-3H3;1H. The average molecular weight is 398 g/mol. The SMILES string of the molecule is CNS(=O)(=O)c1ccc(S(=O)(=O)N(C)C2CCNCC2)cc1C.Cl. The molecule has 1 saturated heterocycles. The summed E-state index contributed by atoms with van der Waals surface area (Å²) in [7, 11) is -4.33. The molecule has 0 spiro atoms. The molecule has 1 aliphatic heterocycles. The molecule has 1 fully saturated rings. The molecule has 24 heavy (non-hydrogen) atoms. The molecule has 0 amide bonds. The van der Waals surface area contributed by atoms with Gasteiger partial charge in [-0.05, 0) is 63.7 Å². The number of piperidine rings is 1. The third-order valence-electron chi connectivity index (χ3n) is 4.20. The van der Waals surface area contributed by atoms with Gasteiger partial charge in [0.25, 0.3) is 0 Å². The zero-order chi connectivity index (χ0) is 17.3. The highest BCUT2D eigenvalue weighted by atomic mass is 35.5. The van der Waals surface area contributed by atoms with Gasteiger partial charge >= 0.3 is 0 Å². The van der Waals surface area contributed by atoms with E-state index in [1.54, 1.807) is 14.0 Å². The third-order valence-corrected chi connectivity index (χ3v) is 7.69. The Morgan fingerprint density at radius 3 is 2.25 bits per heavy atom. The van der Waals surface area contributed by atoms with Crippen LogP contribution in [0.3, 0.4) is 0 Å². The molecule has 7 nitrogen and oxygen atoms in total. The van der Waals surface area contributed by atoms with Gasteiger partial charge in [0.2, 0.25) is 20.0 Å². The topological polar surface area (TPSA) is 95.6 Å². The zero-order valence-corrected chi connectivity index (χ0v) is 16.4. The molecule has 138 valence electrons. The van der Waals surface area contributed by atoms with E-state index in [2.05, 4.69) is 10.0 Å². The van der Waals surface area contributed by atoms with E-state index in [-0.39, 0.29) is 28.2 Å². The summed E-state index contributed by atoms with van der Waals surface area (Å²) in [6.07, 6.45) is 1.53. The van der Waals surface area contributed by atoms with Gasteiger partial charge < -0.3 is 5.32 Å². The summed E-state index contributed by atoms with van der Waals surface area (Å²) < 4.78 is 52.9. The monoisotopic (exact) mass is 397 g/mol. The summed E-state index contributed by atoms with van der Waals surface area (Å²) in [5, 5.41) is 3.21. The summed E-state index contributed by atoms with van der Waals surface area (Å²) in [6, 6.07) is 4.06. The molecule has 0 saturated carbocycles. The second-order valence-electron chi connectivity index (χ2n) is 5.64. The Morgan fingerprint density at radius 1 is 1.17 bits per heavy atom. The Balaban J connectivity index is 0.00000288. The quantitative estimate of drug-likeness (QED) is 0.762. The lowest BCUT2D eigenvalue weighted by molar-refractivity contribution is 0.296. The molecule has 1 heterocycles. The van der Waals surface area contributed by atoms with E-state index in [0.717, 1.165) is 25.9 Å². The Bertz CT molecular complexity index is 775. The summed E-state index contributed by atoms with van der Waals surface area (Å²) in [5.74, 6) is 0. The smallest absolute Gasteiger partial charge is 0.243 e. The fourth-order valence-corrected chi connectivity index (χ4v) is 5.18. The van der Waals surface area contributed by atoms with E-state index in [4.69, 9.17) is 0 Å². The van der Waals surface area contributed by atoms with Gasteiger partial charge in [-0.3, -0.25) is 0 Å². The van der Waals surface area contributed by atoms with E-state index in [1.165, 1.54) is 29.6 Å². The normalized spacial score (nSPS) is 16.8. The van der Waals surface area contributed by atoms with Crippen molar-refractivity contribution in [3.05, 3.63) is 23.8 Å². The predicted octanol–water partition coefficient (Wildman–Crippen LogP) is 0.697. The molecule has 0 aromatic heterocycles. The number of sulfonamides is 2. The van der Waals surface area contributed by atoms with Crippen LogP contribution < -0.4 is 10.0 Å². The van der Waals surface area contributed by atoms with Crippen molar-refractivity contribution < 1.29 is 16.8 Å². The molecule has 0 radical (unpaired) electrons. The number of rotatable bonds is 5. The molecular formula is C14H24ClN3O4S2. The molecule has 2 N–H and O–H groups in total. The average Bonchev–Trinajstić information content (AvgIpc) is 2.54. The largest absolute Gasteiger partial charge is 0.317 e. The summed E-state index contributed by atoms with van der Waals surface area (Å²) in [4.78, 5) is 0.203. The van der Waals surface area contributed by atoms with E-state index >= 15 is 0 Å². The summed E-state index contributed by atoms with van der Waals surface area (Å²) >= 11 is 0. The first-order chi connectivity index (χ1) is 10.7. The van der Waals surface area contributed by atoms with E-state index in [0.29, 0.717) is 5.56 Å². The highest BCUT2D eigenvalue weighted by molar-refractivity contribution is 7.89. The Labute approximate surface area is 150 Å². The lowest BCUT2D eigenvalue weighted by atomic mass is 10.1. The van der Waals surface area contributed by atoms with Gasteiger partial charge in [0, 0.05) is 13.1 Å². The van der Waals surface area contributed by atoms with Gasteiger partial charge in [-0.2, -0.15) is 4.31 Å². The van der Waals surface area contributed by atoms with Crippen LogP contribution in [0.2, 0.25) is 0 Å². The van der Waals surface area contributed by atoms with E-state index < -0.39 is 20.0 Å². The molecular weight excluding hydrogens is 374 g/mol. The maximum absolute atomic E-state index is 12.8. The minimum absolute atomic E-state index is 0. The van der Waals surface area contributed by atoms with Gasteiger partial charge in [-0.1, -0.05) is 0 Å². The third kappa shape index (κ3) is 4.27. The van der Waals surface area contributed by atoms with Crippen molar-refractivity contribution in [1.82, 2.24) is 14.3 Å². The van der Waals surface area contributed by atoms with Gasteiger partial charge in [0.05, 0.1) is 9.79 Å². The van der Waals surface area contributed by atoms with Crippen LogP contribution in [-0.2, 0) is 20.0 Å². The van der Waals surface area contributed by atoms with Crippen molar-refractivity contribution in [2.75, 3.05) is 27.2 Å². The van der Waals surface area contributed by atoms with Gasteiger partial charge in [-0.25, -0.2) is 21.6 Å². The van der Waals surface area contributed by atoms with Crippen LogP contribution in [0.25, 0.3) is 0 Å². The van der Waals surface area contributed by atoms with E-state index in [9.17, 15) is 16.8 Å². The molecule has 10 heteroatoms. The van der Waals surface area contributed by atoms with Crippen LogP contribution in [0.5, 0.6) is 0 Å². The second-order valence-corrected chi connectivity index (χ2v) is 9.49. The minimum atomic E-state index is -3.64. The van der Waals surface area contributed by atoms with Crippen molar-refractivity contribution in [2.45, 2.75) is 35.6 Å². The van der Waals surface area contributed by atoms with Crippen molar-refractivity contribution in [1.29, 1.82) is 0 Å². The maximum atomic E-state index is 12.8. The molecule has 0 aliphatic carbocycles. The van der Waals surface area contributed by atoms with Crippen molar-refractivity contribution in [3.63, 3.8) is 0 Å².